The highest BCUT2D eigenvalue weighted by Crippen LogP contribution is 2.11. The summed E-state index contributed by atoms with van der Waals surface area (Å²) >= 11 is 0. The van der Waals surface area contributed by atoms with Crippen molar-refractivity contribution in [3.8, 4) is 5.75 Å². The van der Waals surface area contributed by atoms with Crippen molar-refractivity contribution in [1.29, 1.82) is 0 Å². The molecule has 1 aromatic rings. The summed E-state index contributed by atoms with van der Waals surface area (Å²) in [6.45, 7) is 4.32. The fraction of sp³-hybridized carbons (Fsp3) is 0.467. The summed E-state index contributed by atoms with van der Waals surface area (Å²) < 4.78 is 5.06. The minimum Gasteiger partial charge on any atom is -0.497 e. The first-order chi connectivity index (χ1) is 9.92. The molecule has 6 heteroatoms. The Bertz CT molecular complexity index is 471. The van der Waals surface area contributed by atoms with Crippen LogP contribution in [-0.4, -0.2) is 42.2 Å². The number of hydrogen-bond acceptors (Lipinski definition) is 3. The van der Waals surface area contributed by atoms with Crippen molar-refractivity contribution >= 4 is 12.0 Å². The van der Waals surface area contributed by atoms with Crippen molar-refractivity contribution in [3.05, 3.63) is 29.8 Å². The van der Waals surface area contributed by atoms with Gasteiger partial charge in [-0.25, -0.2) is 4.79 Å². The summed E-state index contributed by atoms with van der Waals surface area (Å²) in [6.07, 6.45) is 0. The normalized spacial score (nSPS) is 10.3. The molecule has 2 amide bonds. The Hall–Kier alpha value is -2.24. The minimum absolute atomic E-state index is 0.205. The van der Waals surface area contributed by atoms with Gasteiger partial charge in [-0.3, -0.25) is 4.79 Å². The van der Waals surface area contributed by atoms with Crippen LogP contribution in [0.2, 0.25) is 0 Å². The third-order valence-corrected chi connectivity index (χ3v) is 2.80. The summed E-state index contributed by atoms with van der Waals surface area (Å²) in [7, 11) is 1.59. The average molecular weight is 294 g/mol. The number of ether oxygens (including phenoxy) is 1. The predicted octanol–water partition coefficient (Wildman–Crippen LogP) is 1.95. The number of carboxylic acid groups (broad SMARTS) is 1. The van der Waals surface area contributed by atoms with Gasteiger partial charge in [-0.05, 0) is 23.6 Å². The van der Waals surface area contributed by atoms with Crippen LogP contribution in [0, 0.1) is 5.92 Å². The summed E-state index contributed by atoms with van der Waals surface area (Å²) in [5.41, 5.74) is 0.920. The zero-order valence-corrected chi connectivity index (χ0v) is 12.6. The van der Waals surface area contributed by atoms with Crippen molar-refractivity contribution in [2.24, 2.45) is 5.92 Å². The van der Waals surface area contributed by atoms with Gasteiger partial charge < -0.3 is 20.1 Å². The lowest BCUT2D eigenvalue weighted by atomic mass is 10.2. The Morgan fingerprint density at radius 1 is 1.29 bits per heavy atom. The summed E-state index contributed by atoms with van der Waals surface area (Å²) in [4.78, 5) is 24.1. The number of benzene rings is 1. The van der Waals surface area contributed by atoms with Gasteiger partial charge in [0, 0.05) is 13.1 Å². The largest absolute Gasteiger partial charge is 0.497 e. The van der Waals surface area contributed by atoms with Crippen LogP contribution in [0.25, 0.3) is 0 Å². The number of carbonyl (C=O) groups is 2. The highest BCUT2D eigenvalue weighted by molar-refractivity contribution is 5.80. The van der Waals surface area contributed by atoms with Crippen molar-refractivity contribution in [3.63, 3.8) is 0 Å². The van der Waals surface area contributed by atoms with Gasteiger partial charge in [-0.2, -0.15) is 0 Å². The number of amides is 2. The lowest BCUT2D eigenvalue weighted by molar-refractivity contribution is -0.137. The fourth-order valence-corrected chi connectivity index (χ4v) is 1.86. The van der Waals surface area contributed by atoms with Gasteiger partial charge >= 0.3 is 12.0 Å². The molecule has 0 heterocycles. The Kier molecular flexibility index (Phi) is 6.52. The molecule has 0 unspecified atom stereocenters. The zero-order valence-electron chi connectivity index (χ0n) is 12.6. The predicted molar refractivity (Wildman–Crippen MR) is 79.3 cm³/mol. The van der Waals surface area contributed by atoms with E-state index >= 15 is 0 Å². The molecule has 0 atom stereocenters. The first-order valence-corrected chi connectivity index (χ1v) is 6.80. The van der Waals surface area contributed by atoms with Crippen LogP contribution in [0.15, 0.2) is 24.3 Å². The number of hydrogen-bond donors (Lipinski definition) is 2. The number of aliphatic carboxylic acids is 1. The molecular formula is C15H22N2O4. The monoisotopic (exact) mass is 294 g/mol. The molecule has 2 N–H and O–H groups in total. The van der Waals surface area contributed by atoms with E-state index in [9.17, 15) is 9.59 Å². The number of carboxylic acids is 1. The first-order valence-electron chi connectivity index (χ1n) is 6.80. The van der Waals surface area contributed by atoms with Crippen molar-refractivity contribution in [2.75, 3.05) is 20.2 Å². The molecule has 0 spiro atoms. The summed E-state index contributed by atoms with van der Waals surface area (Å²) in [6, 6.07) is 6.95. The van der Waals surface area contributed by atoms with Crippen LogP contribution >= 0.6 is 0 Å². The average Bonchev–Trinajstić information content (AvgIpc) is 2.43. The van der Waals surface area contributed by atoms with E-state index in [1.165, 1.54) is 4.90 Å². The van der Waals surface area contributed by atoms with Gasteiger partial charge in [0.25, 0.3) is 0 Å². The van der Waals surface area contributed by atoms with E-state index in [0.29, 0.717) is 13.1 Å². The minimum atomic E-state index is -1.02. The van der Waals surface area contributed by atoms with Crippen molar-refractivity contribution < 1.29 is 19.4 Å². The van der Waals surface area contributed by atoms with Crippen LogP contribution in [0.4, 0.5) is 4.79 Å². The van der Waals surface area contributed by atoms with E-state index in [-0.39, 0.29) is 18.5 Å². The maximum absolute atomic E-state index is 12.0. The Morgan fingerprint density at radius 3 is 2.38 bits per heavy atom. The van der Waals surface area contributed by atoms with Crippen LogP contribution in [0.5, 0.6) is 5.75 Å². The molecule has 0 radical (unpaired) electrons. The quantitative estimate of drug-likeness (QED) is 0.805. The molecular weight excluding hydrogens is 272 g/mol. The van der Waals surface area contributed by atoms with E-state index in [1.807, 2.05) is 38.1 Å². The maximum Gasteiger partial charge on any atom is 0.323 e. The third-order valence-electron chi connectivity index (χ3n) is 2.80. The fourth-order valence-electron chi connectivity index (χ4n) is 1.86. The second kappa shape index (κ2) is 8.14. The molecule has 0 saturated heterocycles. The molecule has 0 aromatic heterocycles. The smallest absolute Gasteiger partial charge is 0.323 e. The first kappa shape index (κ1) is 16.8. The number of methoxy groups -OCH3 is 1. The topological polar surface area (TPSA) is 78.9 Å². The molecule has 0 saturated carbocycles. The van der Waals surface area contributed by atoms with E-state index in [2.05, 4.69) is 5.32 Å². The third kappa shape index (κ3) is 6.16. The number of carbonyl (C=O) groups excluding carboxylic acids is 1. The zero-order chi connectivity index (χ0) is 15.8. The Morgan fingerprint density at radius 2 is 1.90 bits per heavy atom. The van der Waals surface area contributed by atoms with E-state index in [0.717, 1.165) is 11.3 Å². The highest BCUT2D eigenvalue weighted by atomic mass is 16.5. The van der Waals surface area contributed by atoms with Crippen LogP contribution < -0.4 is 10.1 Å². The molecule has 6 nitrogen and oxygen atoms in total. The van der Waals surface area contributed by atoms with Gasteiger partial charge in [0.05, 0.1) is 7.11 Å². The van der Waals surface area contributed by atoms with Crippen molar-refractivity contribution in [1.82, 2.24) is 10.2 Å². The summed E-state index contributed by atoms with van der Waals surface area (Å²) in [5, 5.41) is 11.6. The van der Waals surface area contributed by atoms with Gasteiger partial charge in [-0.15, -0.1) is 0 Å². The van der Waals surface area contributed by atoms with Gasteiger partial charge in [0.15, 0.2) is 0 Å². The van der Waals surface area contributed by atoms with Crippen LogP contribution in [-0.2, 0) is 11.3 Å². The van der Waals surface area contributed by atoms with Gasteiger partial charge in [-0.1, -0.05) is 26.0 Å². The van der Waals surface area contributed by atoms with Gasteiger partial charge in [0.1, 0.15) is 12.3 Å². The van der Waals surface area contributed by atoms with E-state index in [1.54, 1.807) is 7.11 Å². The lowest BCUT2D eigenvalue weighted by Crippen LogP contribution is -2.44. The highest BCUT2D eigenvalue weighted by Gasteiger charge is 2.17. The Labute approximate surface area is 124 Å². The number of nitrogens with zero attached hydrogens (tertiary/aromatic N) is 1. The molecule has 21 heavy (non-hydrogen) atoms. The second-order valence-electron chi connectivity index (χ2n) is 5.17. The molecule has 0 fully saturated rings. The molecule has 0 bridgehead atoms. The molecule has 116 valence electrons. The second-order valence-corrected chi connectivity index (χ2v) is 5.17. The SMILES string of the molecule is COc1ccc(CNC(=O)N(CC(=O)O)CC(C)C)cc1. The van der Waals surface area contributed by atoms with Gasteiger partial charge in [0.2, 0.25) is 0 Å². The number of urea groups is 1. The van der Waals surface area contributed by atoms with Crippen molar-refractivity contribution in [2.45, 2.75) is 20.4 Å². The molecule has 0 aliphatic heterocycles. The summed E-state index contributed by atoms with van der Waals surface area (Å²) in [5.74, 6) is -0.0660. The van der Waals surface area contributed by atoms with Crippen LogP contribution in [0.3, 0.4) is 0 Å². The molecule has 1 rings (SSSR count). The molecule has 0 aliphatic carbocycles. The van der Waals surface area contributed by atoms with E-state index in [4.69, 9.17) is 9.84 Å². The van der Waals surface area contributed by atoms with Crippen LogP contribution in [0.1, 0.15) is 19.4 Å². The number of rotatable bonds is 7. The molecule has 1 aromatic carbocycles. The Balaban J connectivity index is 2.57. The lowest BCUT2D eigenvalue weighted by Gasteiger charge is -2.23. The van der Waals surface area contributed by atoms with E-state index < -0.39 is 5.97 Å². The number of nitrogens with one attached hydrogen (secondary N) is 1. The maximum atomic E-state index is 12.0. The standard InChI is InChI=1S/C15H22N2O4/c1-11(2)9-17(10-14(18)19)15(20)16-8-12-4-6-13(21-3)7-5-12/h4-7,11H,8-10H2,1-3H3,(H,16,20)(H,18,19). The molecule has 0 aliphatic rings.